The maximum Gasteiger partial charge on any atom is 0.0923 e. The number of fused-ring (bicyclic) bond motifs is 2. The highest BCUT2D eigenvalue weighted by Gasteiger charge is 2.44. The molecule has 2 saturated carbocycles. The minimum Gasteiger partial charge on any atom is -0.385 e. The summed E-state index contributed by atoms with van der Waals surface area (Å²) < 4.78 is 0. The topological polar surface area (TPSA) is 23.5 Å². The minimum atomic E-state index is -0.598. The summed E-state index contributed by atoms with van der Waals surface area (Å²) in [4.78, 5) is 2.69. The van der Waals surface area contributed by atoms with Crippen molar-refractivity contribution in [2.75, 3.05) is 13.1 Å². The summed E-state index contributed by atoms with van der Waals surface area (Å²) in [6.07, 6.45) is 7.62. The lowest BCUT2D eigenvalue weighted by Gasteiger charge is -2.43. The molecule has 3 unspecified atom stereocenters. The third-order valence-corrected chi connectivity index (χ3v) is 6.44. The summed E-state index contributed by atoms with van der Waals surface area (Å²) in [7, 11) is 0. The van der Waals surface area contributed by atoms with Gasteiger partial charge in [0.25, 0.3) is 0 Å². The van der Waals surface area contributed by atoms with Crippen LogP contribution in [-0.2, 0) is 5.60 Å². The summed E-state index contributed by atoms with van der Waals surface area (Å²) in [6.45, 7) is 4.26. The Balaban J connectivity index is 1.46. The largest absolute Gasteiger partial charge is 0.385 e. The molecule has 1 N–H and O–H groups in total. The van der Waals surface area contributed by atoms with E-state index in [0.29, 0.717) is 0 Å². The number of aliphatic hydroxyl groups is 1. The quantitative estimate of drug-likeness (QED) is 0.899. The van der Waals surface area contributed by atoms with E-state index in [1.807, 2.05) is 0 Å². The van der Waals surface area contributed by atoms with E-state index >= 15 is 0 Å². The Hall–Kier alpha value is -0.860. The smallest absolute Gasteiger partial charge is 0.0923 e. The predicted octanol–water partition coefficient (Wildman–Crippen LogP) is 3.47. The Bertz CT molecular complexity index is 518. The lowest BCUT2D eigenvalue weighted by atomic mass is 9.81. The van der Waals surface area contributed by atoms with Gasteiger partial charge in [-0.15, -0.1) is 0 Å². The Morgan fingerprint density at radius 1 is 1.10 bits per heavy atom. The van der Waals surface area contributed by atoms with Crippen LogP contribution >= 0.6 is 0 Å². The summed E-state index contributed by atoms with van der Waals surface area (Å²) in [6, 6.07) is 9.18. The van der Waals surface area contributed by atoms with Gasteiger partial charge in [0, 0.05) is 19.1 Å². The number of hydrogen-bond acceptors (Lipinski definition) is 2. The standard InChI is InChI=1S/C19H27NO/c1-14-4-2-3-5-17(14)19(21)8-10-20(11-9-19)18-13-15-6-7-16(18)12-15/h2-5,15-16,18,21H,6-13H2,1H3. The zero-order chi connectivity index (χ0) is 14.4. The number of piperidine rings is 1. The fraction of sp³-hybridized carbons (Fsp3) is 0.684. The third-order valence-electron chi connectivity index (χ3n) is 6.44. The molecule has 2 nitrogen and oxygen atoms in total. The highest BCUT2D eigenvalue weighted by molar-refractivity contribution is 5.31. The van der Waals surface area contributed by atoms with E-state index in [2.05, 4.69) is 36.1 Å². The van der Waals surface area contributed by atoms with E-state index in [1.54, 1.807) is 0 Å². The van der Waals surface area contributed by atoms with Crippen molar-refractivity contribution in [1.82, 2.24) is 4.90 Å². The Kier molecular flexibility index (Phi) is 3.35. The molecule has 0 radical (unpaired) electrons. The van der Waals surface area contributed by atoms with Crippen molar-refractivity contribution in [3.63, 3.8) is 0 Å². The molecule has 1 aromatic rings. The number of hydrogen-bond donors (Lipinski definition) is 1. The van der Waals surface area contributed by atoms with Gasteiger partial charge in [-0.05, 0) is 62.0 Å². The van der Waals surface area contributed by atoms with Crippen LogP contribution in [0.25, 0.3) is 0 Å². The highest BCUT2D eigenvalue weighted by Crippen LogP contribution is 2.48. The van der Waals surface area contributed by atoms with Gasteiger partial charge in [-0.3, -0.25) is 4.90 Å². The molecule has 0 amide bonds. The Morgan fingerprint density at radius 3 is 2.48 bits per heavy atom. The molecule has 2 aliphatic carbocycles. The zero-order valence-electron chi connectivity index (χ0n) is 13.1. The zero-order valence-corrected chi connectivity index (χ0v) is 13.1. The van der Waals surface area contributed by atoms with Crippen LogP contribution in [0.1, 0.15) is 49.7 Å². The van der Waals surface area contributed by atoms with Gasteiger partial charge in [-0.2, -0.15) is 0 Å². The van der Waals surface area contributed by atoms with Crippen molar-refractivity contribution in [3.8, 4) is 0 Å². The summed E-state index contributed by atoms with van der Waals surface area (Å²) in [5.41, 5.74) is 1.78. The first kappa shape index (κ1) is 13.8. The third kappa shape index (κ3) is 2.33. The van der Waals surface area contributed by atoms with Crippen LogP contribution < -0.4 is 0 Å². The molecule has 114 valence electrons. The molecule has 0 aromatic heterocycles. The first-order valence-electron chi connectivity index (χ1n) is 8.68. The molecule has 4 rings (SSSR count). The van der Waals surface area contributed by atoms with E-state index in [9.17, 15) is 5.11 Å². The fourth-order valence-electron chi connectivity index (χ4n) is 5.25. The van der Waals surface area contributed by atoms with E-state index in [0.717, 1.165) is 49.4 Å². The molecular weight excluding hydrogens is 258 g/mol. The normalized spacial score (nSPS) is 35.2. The lowest BCUT2D eigenvalue weighted by molar-refractivity contribution is -0.0417. The van der Waals surface area contributed by atoms with Crippen molar-refractivity contribution < 1.29 is 5.11 Å². The van der Waals surface area contributed by atoms with Crippen molar-refractivity contribution >= 4 is 0 Å². The average molecular weight is 285 g/mol. The molecule has 3 aliphatic rings. The van der Waals surface area contributed by atoms with Crippen LogP contribution in [0, 0.1) is 18.8 Å². The SMILES string of the molecule is Cc1ccccc1C1(O)CCN(C2CC3CCC2C3)CC1. The van der Waals surface area contributed by atoms with Gasteiger partial charge in [-0.25, -0.2) is 0 Å². The molecule has 1 saturated heterocycles. The molecule has 1 heterocycles. The molecule has 21 heavy (non-hydrogen) atoms. The van der Waals surface area contributed by atoms with Gasteiger partial charge in [0.05, 0.1) is 5.60 Å². The molecule has 0 spiro atoms. The van der Waals surface area contributed by atoms with Gasteiger partial charge < -0.3 is 5.11 Å². The molecule has 1 aromatic carbocycles. The molecule has 1 aliphatic heterocycles. The van der Waals surface area contributed by atoms with Crippen molar-refractivity contribution in [2.24, 2.45) is 11.8 Å². The van der Waals surface area contributed by atoms with E-state index < -0.39 is 5.60 Å². The van der Waals surface area contributed by atoms with Crippen LogP contribution in [0.3, 0.4) is 0 Å². The van der Waals surface area contributed by atoms with Gasteiger partial charge in [0.15, 0.2) is 0 Å². The molecule has 2 heteroatoms. The maximum absolute atomic E-state index is 11.1. The summed E-state index contributed by atoms with van der Waals surface area (Å²) in [5, 5.41) is 11.1. The number of likely N-dealkylation sites (tertiary alicyclic amines) is 1. The monoisotopic (exact) mass is 285 g/mol. The van der Waals surface area contributed by atoms with Crippen molar-refractivity contribution in [2.45, 2.75) is 57.1 Å². The average Bonchev–Trinajstić information content (AvgIpc) is 3.11. The number of rotatable bonds is 2. The van der Waals surface area contributed by atoms with Crippen molar-refractivity contribution in [1.29, 1.82) is 0 Å². The van der Waals surface area contributed by atoms with Gasteiger partial charge in [0.1, 0.15) is 0 Å². The van der Waals surface area contributed by atoms with Crippen LogP contribution in [0.2, 0.25) is 0 Å². The molecule has 3 atom stereocenters. The van der Waals surface area contributed by atoms with Crippen LogP contribution in [-0.4, -0.2) is 29.1 Å². The van der Waals surface area contributed by atoms with Crippen molar-refractivity contribution in [3.05, 3.63) is 35.4 Å². The minimum absolute atomic E-state index is 0.598. The first-order valence-corrected chi connectivity index (χ1v) is 8.68. The molecule has 2 bridgehead atoms. The second-order valence-electron chi connectivity index (χ2n) is 7.62. The second-order valence-corrected chi connectivity index (χ2v) is 7.62. The van der Waals surface area contributed by atoms with E-state index in [-0.39, 0.29) is 0 Å². The number of aryl methyl sites for hydroxylation is 1. The van der Waals surface area contributed by atoms with E-state index in [1.165, 1.54) is 31.2 Å². The highest BCUT2D eigenvalue weighted by atomic mass is 16.3. The van der Waals surface area contributed by atoms with Gasteiger partial charge in [-0.1, -0.05) is 30.7 Å². The van der Waals surface area contributed by atoms with Crippen LogP contribution in [0.15, 0.2) is 24.3 Å². The molecule has 3 fully saturated rings. The predicted molar refractivity (Wildman–Crippen MR) is 85.1 cm³/mol. The van der Waals surface area contributed by atoms with Gasteiger partial charge >= 0.3 is 0 Å². The summed E-state index contributed by atoms with van der Waals surface area (Å²) in [5.74, 6) is 1.97. The lowest BCUT2D eigenvalue weighted by Crippen LogP contribution is -2.48. The maximum atomic E-state index is 11.1. The van der Waals surface area contributed by atoms with Crippen LogP contribution in [0.4, 0.5) is 0 Å². The van der Waals surface area contributed by atoms with Gasteiger partial charge in [0.2, 0.25) is 0 Å². The second kappa shape index (κ2) is 5.10. The Labute approximate surface area is 128 Å². The van der Waals surface area contributed by atoms with Crippen LogP contribution in [0.5, 0.6) is 0 Å². The first-order chi connectivity index (χ1) is 10.2. The van der Waals surface area contributed by atoms with E-state index in [4.69, 9.17) is 0 Å². The number of nitrogens with zero attached hydrogens (tertiary/aromatic N) is 1. The molecular formula is C19H27NO. The fourth-order valence-corrected chi connectivity index (χ4v) is 5.25. The number of benzene rings is 1. The Morgan fingerprint density at radius 2 is 1.86 bits per heavy atom. The summed E-state index contributed by atoms with van der Waals surface area (Å²) >= 11 is 0.